The largest absolute Gasteiger partial charge is 0.496 e. The summed E-state index contributed by atoms with van der Waals surface area (Å²) in [6.07, 6.45) is 1.54. The van der Waals surface area contributed by atoms with Gasteiger partial charge in [-0.15, -0.1) is 0 Å². The van der Waals surface area contributed by atoms with E-state index in [1.807, 2.05) is 18.2 Å². The molecule has 0 atom stereocenters. The van der Waals surface area contributed by atoms with E-state index in [-0.39, 0.29) is 11.7 Å². The lowest BCUT2D eigenvalue weighted by atomic mass is 10.1. The zero-order valence-corrected chi connectivity index (χ0v) is 17.3. The molecule has 0 aromatic heterocycles. The minimum atomic E-state index is -3.24. The minimum absolute atomic E-state index is 0.122. The molecule has 8 heteroatoms. The van der Waals surface area contributed by atoms with Gasteiger partial charge in [0.25, 0.3) is 0 Å². The monoisotopic (exact) mass is 452 g/mol. The van der Waals surface area contributed by atoms with Gasteiger partial charge < -0.3 is 10.1 Å². The lowest BCUT2D eigenvalue weighted by molar-refractivity contribution is -0.116. The van der Waals surface area contributed by atoms with Crippen LogP contribution in [0.5, 0.6) is 5.75 Å². The number of rotatable bonds is 6. The molecule has 1 amide bonds. The van der Waals surface area contributed by atoms with Crippen LogP contribution in [0.2, 0.25) is 0 Å². The molecule has 1 heterocycles. The molecule has 3 rings (SSSR count). The third-order valence-electron chi connectivity index (χ3n) is 4.37. The van der Waals surface area contributed by atoms with Gasteiger partial charge in [-0.1, -0.05) is 12.1 Å². The van der Waals surface area contributed by atoms with Gasteiger partial charge in [0, 0.05) is 18.7 Å². The van der Waals surface area contributed by atoms with Crippen molar-refractivity contribution < 1.29 is 17.9 Å². The Hall–Kier alpha value is -2.06. The maximum absolute atomic E-state index is 12.3. The fraction of sp³-hybridized carbons (Fsp3) is 0.316. The summed E-state index contributed by atoms with van der Waals surface area (Å²) in [6, 6.07) is 12.7. The predicted molar refractivity (Wildman–Crippen MR) is 110 cm³/mol. The second-order valence-electron chi connectivity index (χ2n) is 6.31. The van der Waals surface area contributed by atoms with Gasteiger partial charge in [0.15, 0.2) is 0 Å². The fourth-order valence-corrected chi connectivity index (χ4v) is 5.16. The highest BCUT2D eigenvalue weighted by Gasteiger charge is 2.28. The number of nitrogens with one attached hydrogen (secondary N) is 1. The number of aryl methyl sites for hydroxylation is 1. The summed E-state index contributed by atoms with van der Waals surface area (Å²) in [7, 11) is -1.63. The number of carbonyl (C=O) groups is 1. The van der Waals surface area contributed by atoms with Gasteiger partial charge in [0.1, 0.15) is 5.75 Å². The molecule has 0 bridgehead atoms. The maximum Gasteiger partial charge on any atom is 0.235 e. The number of sulfonamides is 1. The number of methoxy groups -OCH3 is 1. The minimum Gasteiger partial charge on any atom is -0.496 e. The number of nitrogens with zero attached hydrogens (tertiary/aromatic N) is 1. The van der Waals surface area contributed by atoms with Gasteiger partial charge in [0.05, 0.1) is 23.0 Å². The number of anilines is 2. The van der Waals surface area contributed by atoms with E-state index in [0.29, 0.717) is 37.2 Å². The molecule has 0 aliphatic carbocycles. The van der Waals surface area contributed by atoms with Crippen molar-refractivity contribution in [3.8, 4) is 5.75 Å². The molecule has 1 aliphatic heterocycles. The van der Waals surface area contributed by atoms with Crippen LogP contribution < -0.4 is 14.4 Å². The van der Waals surface area contributed by atoms with Crippen LogP contribution >= 0.6 is 15.9 Å². The molecule has 144 valence electrons. The molecule has 0 saturated carbocycles. The molecule has 6 nitrogen and oxygen atoms in total. The first-order chi connectivity index (χ1) is 12.9. The molecular formula is C19H21BrN2O4S. The molecule has 2 aromatic rings. The molecule has 1 N–H and O–H groups in total. The number of hydrogen-bond acceptors (Lipinski definition) is 4. The van der Waals surface area contributed by atoms with Crippen LogP contribution in [0.15, 0.2) is 46.9 Å². The normalized spacial score (nSPS) is 15.6. The first-order valence-electron chi connectivity index (χ1n) is 8.62. The second kappa shape index (κ2) is 8.31. The summed E-state index contributed by atoms with van der Waals surface area (Å²) in [5.41, 5.74) is 2.20. The Morgan fingerprint density at radius 2 is 2.07 bits per heavy atom. The van der Waals surface area contributed by atoms with Crippen LogP contribution in [0.25, 0.3) is 0 Å². The highest BCUT2D eigenvalue weighted by Crippen LogP contribution is 2.27. The Kier molecular flexibility index (Phi) is 6.06. The Morgan fingerprint density at radius 1 is 1.26 bits per heavy atom. The quantitative estimate of drug-likeness (QED) is 0.726. The Balaban J connectivity index is 1.61. The number of ether oxygens (including phenoxy) is 1. The second-order valence-corrected chi connectivity index (χ2v) is 9.18. The number of amides is 1. The van der Waals surface area contributed by atoms with E-state index in [1.54, 1.807) is 31.4 Å². The first-order valence-corrected chi connectivity index (χ1v) is 11.0. The molecular weight excluding hydrogens is 432 g/mol. The third kappa shape index (κ3) is 4.81. The van der Waals surface area contributed by atoms with Gasteiger partial charge in [0.2, 0.25) is 15.9 Å². The van der Waals surface area contributed by atoms with Crippen molar-refractivity contribution in [2.24, 2.45) is 0 Å². The summed E-state index contributed by atoms with van der Waals surface area (Å²) < 4.78 is 31.6. The SMILES string of the molecule is COc1ccc(CCC(=O)Nc2cccc(N3CCCS3(=O)=O)c2)cc1Br. The Morgan fingerprint density at radius 3 is 2.74 bits per heavy atom. The molecule has 1 fully saturated rings. The smallest absolute Gasteiger partial charge is 0.235 e. The van der Waals surface area contributed by atoms with Crippen molar-refractivity contribution in [2.75, 3.05) is 29.0 Å². The zero-order chi connectivity index (χ0) is 19.4. The van der Waals surface area contributed by atoms with Crippen molar-refractivity contribution in [3.05, 3.63) is 52.5 Å². The van der Waals surface area contributed by atoms with Gasteiger partial charge >= 0.3 is 0 Å². The van der Waals surface area contributed by atoms with E-state index in [0.717, 1.165) is 15.8 Å². The molecule has 0 radical (unpaired) electrons. The van der Waals surface area contributed by atoms with Crippen molar-refractivity contribution >= 4 is 43.2 Å². The van der Waals surface area contributed by atoms with Crippen LogP contribution in [0, 0.1) is 0 Å². The highest BCUT2D eigenvalue weighted by atomic mass is 79.9. The molecule has 2 aromatic carbocycles. The molecule has 1 aliphatic rings. The predicted octanol–water partition coefficient (Wildman–Crippen LogP) is 3.57. The lowest BCUT2D eigenvalue weighted by Gasteiger charge is -2.17. The van der Waals surface area contributed by atoms with Crippen LogP contribution in [-0.2, 0) is 21.2 Å². The van der Waals surface area contributed by atoms with E-state index >= 15 is 0 Å². The van der Waals surface area contributed by atoms with Crippen LogP contribution in [0.1, 0.15) is 18.4 Å². The van der Waals surface area contributed by atoms with Crippen LogP contribution in [0.4, 0.5) is 11.4 Å². The number of benzene rings is 2. The van der Waals surface area contributed by atoms with Gasteiger partial charge in [-0.3, -0.25) is 9.10 Å². The third-order valence-corrected chi connectivity index (χ3v) is 6.86. The Labute approximate surface area is 167 Å². The van der Waals surface area contributed by atoms with Crippen molar-refractivity contribution in [1.82, 2.24) is 0 Å². The average molecular weight is 453 g/mol. The van der Waals surface area contributed by atoms with E-state index in [1.165, 1.54) is 4.31 Å². The van der Waals surface area contributed by atoms with Crippen molar-refractivity contribution in [2.45, 2.75) is 19.3 Å². The van der Waals surface area contributed by atoms with E-state index in [4.69, 9.17) is 4.74 Å². The van der Waals surface area contributed by atoms with E-state index < -0.39 is 10.0 Å². The van der Waals surface area contributed by atoms with Gasteiger partial charge in [-0.05, 0) is 64.7 Å². The Bertz CT molecular complexity index is 946. The number of hydrogen-bond donors (Lipinski definition) is 1. The summed E-state index contributed by atoms with van der Waals surface area (Å²) in [6.45, 7) is 0.478. The molecule has 0 unspecified atom stereocenters. The van der Waals surface area contributed by atoms with Gasteiger partial charge in [-0.2, -0.15) is 0 Å². The fourth-order valence-electron chi connectivity index (χ4n) is 3.02. The average Bonchev–Trinajstić information content (AvgIpc) is 2.99. The van der Waals surface area contributed by atoms with E-state index in [9.17, 15) is 13.2 Å². The topological polar surface area (TPSA) is 75.7 Å². The lowest BCUT2D eigenvalue weighted by Crippen LogP contribution is -2.25. The van der Waals surface area contributed by atoms with Gasteiger partial charge in [-0.25, -0.2) is 8.42 Å². The summed E-state index contributed by atoms with van der Waals surface area (Å²) in [5, 5.41) is 2.84. The van der Waals surface area contributed by atoms with Crippen molar-refractivity contribution in [3.63, 3.8) is 0 Å². The van der Waals surface area contributed by atoms with Crippen LogP contribution in [-0.4, -0.2) is 33.7 Å². The van der Waals surface area contributed by atoms with Crippen LogP contribution in [0.3, 0.4) is 0 Å². The summed E-state index contributed by atoms with van der Waals surface area (Å²) >= 11 is 3.44. The molecule has 1 saturated heterocycles. The molecule has 0 spiro atoms. The highest BCUT2D eigenvalue weighted by molar-refractivity contribution is 9.10. The molecule has 27 heavy (non-hydrogen) atoms. The van der Waals surface area contributed by atoms with Crippen molar-refractivity contribution in [1.29, 1.82) is 0 Å². The van der Waals surface area contributed by atoms with E-state index in [2.05, 4.69) is 21.2 Å². The number of halogens is 1. The zero-order valence-electron chi connectivity index (χ0n) is 14.9. The number of carbonyl (C=O) groups excluding carboxylic acids is 1. The summed E-state index contributed by atoms with van der Waals surface area (Å²) in [5.74, 6) is 0.793. The maximum atomic E-state index is 12.3. The summed E-state index contributed by atoms with van der Waals surface area (Å²) in [4.78, 5) is 12.3. The first kappa shape index (κ1) is 19.7. The standard InChI is InChI=1S/C19H21BrN2O4S/c1-26-18-8-6-14(12-17(18)20)7-9-19(23)21-15-4-2-5-16(13-15)22-10-3-11-27(22,24)25/h2,4-6,8,12-13H,3,7,9-11H2,1H3,(H,21,23).